The Morgan fingerprint density at radius 2 is 1.59 bits per heavy atom. The number of allylic oxidation sites excluding steroid dienone is 1. The molecule has 144 valence electrons. The highest BCUT2D eigenvalue weighted by atomic mass is 16.5. The van der Waals surface area contributed by atoms with Crippen LogP contribution in [-0.4, -0.2) is 26.0 Å². The van der Waals surface area contributed by atoms with Crippen LogP contribution in [0, 0.1) is 0 Å². The van der Waals surface area contributed by atoms with Gasteiger partial charge in [-0.1, -0.05) is 42.5 Å². The minimum Gasteiger partial charge on any atom is -0.466 e. The molecule has 2 N–H and O–H groups in total. The predicted octanol–water partition coefficient (Wildman–Crippen LogP) is 4.19. The van der Waals surface area contributed by atoms with Gasteiger partial charge in [-0.05, 0) is 42.7 Å². The molecule has 2 aromatic carbocycles. The molecule has 2 rings (SSSR count). The molecule has 0 heterocycles. The van der Waals surface area contributed by atoms with Crippen molar-refractivity contribution in [2.45, 2.75) is 26.8 Å². The third-order valence-electron chi connectivity index (χ3n) is 3.88. The molecule has 27 heavy (non-hydrogen) atoms. The van der Waals surface area contributed by atoms with Gasteiger partial charge in [-0.2, -0.15) is 0 Å². The number of benzene rings is 2. The summed E-state index contributed by atoms with van der Waals surface area (Å²) in [5, 5.41) is 5.88. The molecular formula is C22H28N2O3. The third-order valence-corrected chi connectivity index (χ3v) is 3.88. The molecule has 0 aromatic heterocycles. The van der Waals surface area contributed by atoms with Crippen molar-refractivity contribution in [1.82, 2.24) is 5.32 Å². The third kappa shape index (κ3) is 8.23. The Hall–Kier alpha value is -3.08. The standard InChI is InChI=1S/C11H16N2O.C11H12O2/c1-8(13-9(2)14)10-4-6-11(12-3)7-5-10;1-9(8-11(12)13-2)10-6-4-3-5-7-10/h4-8,12H,1-3H3,(H,13,14);3-8H,1-2H3/b;9-8+. The first-order valence-corrected chi connectivity index (χ1v) is 8.73. The van der Waals surface area contributed by atoms with Crippen molar-refractivity contribution >= 4 is 23.1 Å². The van der Waals surface area contributed by atoms with Crippen LogP contribution in [0.3, 0.4) is 0 Å². The number of anilines is 1. The highest BCUT2D eigenvalue weighted by Gasteiger charge is 2.05. The predicted molar refractivity (Wildman–Crippen MR) is 110 cm³/mol. The van der Waals surface area contributed by atoms with Crippen molar-refractivity contribution < 1.29 is 14.3 Å². The second kappa shape index (κ2) is 11.5. The monoisotopic (exact) mass is 368 g/mol. The fourth-order valence-corrected chi connectivity index (χ4v) is 2.35. The van der Waals surface area contributed by atoms with Crippen LogP contribution < -0.4 is 10.6 Å². The molecule has 0 aliphatic rings. The number of carbonyl (C=O) groups is 2. The van der Waals surface area contributed by atoms with Gasteiger partial charge in [-0.25, -0.2) is 4.79 Å². The number of amides is 1. The summed E-state index contributed by atoms with van der Waals surface area (Å²) in [6, 6.07) is 17.8. The van der Waals surface area contributed by atoms with Gasteiger partial charge in [0.1, 0.15) is 0 Å². The van der Waals surface area contributed by atoms with E-state index in [2.05, 4.69) is 15.4 Å². The van der Waals surface area contributed by atoms with Crippen molar-refractivity contribution in [3.8, 4) is 0 Å². The maximum atomic E-state index is 10.9. The van der Waals surface area contributed by atoms with Crippen molar-refractivity contribution in [2.24, 2.45) is 0 Å². The van der Waals surface area contributed by atoms with Gasteiger partial charge in [0.25, 0.3) is 0 Å². The van der Waals surface area contributed by atoms with E-state index in [0.717, 1.165) is 22.4 Å². The number of methoxy groups -OCH3 is 1. The van der Waals surface area contributed by atoms with Gasteiger partial charge < -0.3 is 15.4 Å². The average Bonchev–Trinajstić information content (AvgIpc) is 2.68. The van der Waals surface area contributed by atoms with E-state index in [4.69, 9.17) is 0 Å². The smallest absolute Gasteiger partial charge is 0.330 e. The van der Waals surface area contributed by atoms with Crippen molar-refractivity contribution in [3.63, 3.8) is 0 Å². The zero-order valence-electron chi connectivity index (χ0n) is 16.6. The first-order chi connectivity index (χ1) is 12.9. The van der Waals surface area contributed by atoms with E-state index in [0.29, 0.717) is 0 Å². The summed E-state index contributed by atoms with van der Waals surface area (Å²) >= 11 is 0. The van der Waals surface area contributed by atoms with E-state index in [1.807, 2.05) is 75.5 Å². The van der Waals surface area contributed by atoms with Gasteiger partial charge in [-0.15, -0.1) is 0 Å². The van der Waals surface area contributed by atoms with Crippen LogP contribution in [0.15, 0.2) is 60.7 Å². The lowest BCUT2D eigenvalue weighted by molar-refractivity contribution is -0.134. The van der Waals surface area contributed by atoms with Gasteiger partial charge in [0.15, 0.2) is 0 Å². The molecule has 1 atom stereocenters. The topological polar surface area (TPSA) is 67.4 Å². The largest absolute Gasteiger partial charge is 0.466 e. The van der Waals surface area contributed by atoms with Crippen LogP contribution in [0.2, 0.25) is 0 Å². The summed E-state index contributed by atoms with van der Waals surface area (Å²) in [5.74, 6) is -0.323. The number of hydrogen-bond acceptors (Lipinski definition) is 4. The van der Waals surface area contributed by atoms with Gasteiger partial charge in [0.05, 0.1) is 13.2 Å². The van der Waals surface area contributed by atoms with Crippen LogP contribution in [0.25, 0.3) is 5.57 Å². The molecule has 0 aliphatic heterocycles. The summed E-state index contributed by atoms with van der Waals surface area (Å²) in [7, 11) is 3.25. The highest BCUT2D eigenvalue weighted by Crippen LogP contribution is 2.15. The average molecular weight is 368 g/mol. The molecule has 0 radical (unpaired) electrons. The summed E-state index contributed by atoms with van der Waals surface area (Å²) in [6.07, 6.45) is 1.48. The molecule has 0 spiro atoms. The Kier molecular flexibility index (Phi) is 9.37. The van der Waals surface area contributed by atoms with Crippen LogP contribution in [0.1, 0.15) is 37.9 Å². The highest BCUT2D eigenvalue weighted by molar-refractivity contribution is 5.90. The van der Waals surface area contributed by atoms with Gasteiger partial charge in [-0.3, -0.25) is 4.79 Å². The van der Waals surface area contributed by atoms with E-state index < -0.39 is 0 Å². The van der Waals surface area contributed by atoms with Crippen LogP contribution >= 0.6 is 0 Å². The summed E-state index contributed by atoms with van der Waals surface area (Å²) < 4.78 is 4.53. The second-order valence-electron chi connectivity index (χ2n) is 6.01. The van der Waals surface area contributed by atoms with Crippen molar-refractivity contribution in [2.75, 3.05) is 19.5 Å². The Balaban J connectivity index is 0.000000271. The quantitative estimate of drug-likeness (QED) is 0.613. The SMILES string of the molecule is CNc1ccc(C(C)NC(C)=O)cc1.COC(=O)/C=C(\C)c1ccccc1. The first-order valence-electron chi connectivity index (χ1n) is 8.73. The summed E-state index contributed by atoms with van der Waals surface area (Å²) in [6.45, 7) is 5.38. The lowest BCUT2D eigenvalue weighted by Gasteiger charge is -2.13. The van der Waals surface area contributed by atoms with Gasteiger partial charge in [0.2, 0.25) is 5.91 Å². The van der Waals surface area contributed by atoms with Gasteiger partial charge >= 0.3 is 5.97 Å². The lowest BCUT2D eigenvalue weighted by atomic mass is 10.1. The van der Waals surface area contributed by atoms with Crippen LogP contribution in [0.4, 0.5) is 5.69 Å². The Bertz CT molecular complexity index is 753. The van der Waals surface area contributed by atoms with E-state index in [1.165, 1.54) is 20.1 Å². The fourth-order valence-electron chi connectivity index (χ4n) is 2.35. The number of nitrogens with one attached hydrogen (secondary N) is 2. The maximum Gasteiger partial charge on any atom is 0.330 e. The molecule has 2 aromatic rings. The summed E-state index contributed by atoms with van der Waals surface area (Å²) in [5.41, 5.74) is 4.13. The van der Waals surface area contributed by atoms with Crippen molar-refractivity contribution in [1.29, 1.82) is 0 Å². The lowest BCUT2D eigenvalue weighted by Crippen LogP contribution is -2.23. The molecule has 0 aliphatic carbocycles. The normalized spacial score (nSPS) is 11.5. The van der Waals surface area contributed by atoms with E-state index in [1.54, 1.807) is 0 Å². The van der Waals surface area contributed by atoms with Crippen LogP contribution in [-0.2, 0) is 14.3 Å². The minimum atomic E-state index is -0.318. The molecule has 0 saturated carbocycles. The van der Waals surface area contributed by atoms with E-state index in [-0.39, 0.29) is 17.9 Å². The molecule has 0 bridgehead atoms. The summed E-state index contributed by atoms with van der Waals surface area (Å²) in [4.78, 5) is 21.7. The van der Waals surface area contributed by atoms with Gasteiger partial charge in [0, 0.05) is 25.7 Å². The zero-order valence-corrected chi connectivity index (χ0v) is 16.6. The maximum absolute atomic E-state index is 10.9. The Morgan fingerprint density at radius 3 is 2.07 bits per heavy atom. The number of hydrogen-bond donors (Lipinski definition) is 2. The molecule has 0 fully saturated rings. The molecule has 5 heteroatoms. The Morgan fingerprint density at radius 1 is 1.00 bits per heavy atom. The zero-order chi connectivity index (χ0) is 20.2. The molecule has 1 unspecified atom stereocenters. The minimum absolute atomic E-state index is 0.00445. The number of rotatable bonds is 5. The number of ether oxygens (including phenoxy) is 1. The Labute approximate surface area is 161 Å². The molecular weight excluding hydrogens is 340 g/mol. The number of carbonyl (C=O) groups excluding carboxylic acids is 2. The fraction of sp³-hybridized carbons (Fsp3) is 0.273. The van der Waals surface area contributed by atoms with Crippen LogP contribution in [0.5, 0.6) is 0 Å². The molecule has 0 saturated heterocycles. The molecule has 5 nitrogen and oxygen atoms in total. The first kappa shape index (κ1) is 22.0. The van der Waals surface area contributed by atoms with Crippen molar-refractivity contribution in [3.05, 3.63) is 71.8 Å². The number of esters is 1. The molecule has 1 amide bonds. The van der Waals surface area contributed by atoms with E-state index in [9.17, 15) is 9.59 Å². The second-order valence-corrected chi connectivity index (χ2v) is 6.01. The van der Waals surface area contributed by atoms with E-state index >= 15 is 0 Å².